The van der Waals surface area contributed by atoms with Crippen LogP contribution in [0.25, 0.3) is 0 Å². The van der Waals surface area contributed by atoms with Gasteiger partial charge in [-0.05, 0) is 44.8 Å². The summed E-state index contributed by atoms with van der Waals surface area (Å²) >= 11 is 0. The molecule has 2 heterocycles. The van der Waals surface area contributed by atoms with Crippen molar-refractivity contribution in [3.63, 3.8) is 0 Å². The molecular formula is C10H17N3. The SMILES string of the molecule is Cc1ccnn1CC1CCCNC1. The lowest BCUT2D eigenvalue weighted by molar-refractivity contribution is 0.323. The molecule has 1 aromatic heterocycles. The Morgan fingerprint density at radius 3 is 3.23 bits per heavy atom. The molecule has 72 valence electrons. The number of aryl methyl sites for hydroxylation is 1. The first-order chi connectivity index (χ1) is 6.36. The highest BCUT2D eigenvalue weighted by Gasteiger charge is 2.13. The zero-order valence-electron chi connectivity index (χ0n) is 8.16. The van der Waals surface area contributed by atoms with E-state index in [1.807, 2.05) is 6.20 Å². The lowest BCUT2D eigenvalue weighted by atomic mass is 10.00. The third-order valence-electron chi connectivity index (χ3n) is 2.76. The highest BCUT2D eigenvalue weighted by atomic mass is 15.3. The molecule has 0 aromatic carbocycles. The van der Waals surface area contributed by atoms with E-state index < -0.39 is 0 Å². The number of rotatable bonds is 2. The largest absolute Gasteiger partial charge is 0.316 e. The molecule has 0 amide bonds. The van der Waals surface area contributed by atoms with E-state index >= 15 is 0 Å². The van der Waals surface area contributed by atoms with Crippen LogP contribution in [0.5, 0.6) is 0 Å². The van der Waals surface area contributed by atoms with Gasteiger partial charge in [0, 0.05) is 18.4 Å². The van der Waals surface area contributed by atoms with Gasteiger partial charge in [0.1, 0.15) is 0 Å². The van der Waals surface area contributed by atoms with Crippen molar-refractivity contribution in [2.45, 2.75) is 26.3 Å². The van der Waals surface area contributed by atoms with Crippen LogP contribution >= 0.6 is 0 Å². The molecule has 0 radical (unpaired) electrons. The first kappa shape index (κ1) is 8.75. The van der Waals surface area contributed by atoms with E-state index in [0.717, 1.165) is 19.0 Å². The number of hydrogen-bond acceptors (Lipinski definition) is 2. The lowest BCUT2D eigenvalue weighted by Crippen LogP contribution is -2.32. The highest BCUT2D eigenvalue weighted by Crippen LogP contribution is 2.12. The normalized spacial score (nSPS) is 23.3. The maximum atomic E-state index is 4.30. The zero-order chi connectivity index (χ0) is 9.10. The average Bonchev–Trinajstić information content (AvgIpc) is 2.54. The average molecular weight is 179 g/mol. The van der Waals surface area contributed by atoms with Crippen LogP contribution in [0.2, 0.25) is 0 Å². The number of nitrogens with zero attached hydrogens (tertiary/aromatic N) is 2. The molecule has 3 heteroatoms. The maximum Gasteiger partial charge on any atom is 0.0492 e. The van der Waals surface area contributed by atoms with E-state index in [1.54, 1.807) is 0 Å². The molecule has 1 atom stereocenters. The molecule has 0 saturated carbocycles. The Kier molecular flexibility index (Phi) is 2.64. The van der Waals surface area contributed by atoms with Crippen molar-refractivity contribution in [1.82, 2.24) is 15.1 Å². The Morgan fingerprint density at radius 2 is 2.62 bits per heavy atom. The summed E-state index contributed by atoms with van der Waals surface area (Å²) in [4.78, 5) is 0. The second kappa shape index (κ2) is 3.92. The summed E-state index contributed by atoms with van der Waals surface area (Å²) in [5.74, 6) is 0.771. The minimum Gasteiger partial charge on any atom is -0.316 e. The van der Waals surface area contributed by atoms with E-state index in [0.29, 0.717) is 0 Å². The molecule has 0 spiro atoms. The molecule has 1 aromatic rings. The number of nitrogens with one attached hydrogen (secondary N) is 1. The number of hydrogen-bond donors (Lipinski definition) is 1. The molecule has 1 unspecified atom stereocenters. The first-order valence-electron chi connectivity index (χ1n) is 5.05. The van der Waals surface area contributed by atoms with Gasteiger partial charge < -0.3 is 5.32 Å². The van der Waals surface area contributed by atoms with Gasteiger partial charge in [-0.1, -0.05) is 0 Å². The smallest absolute Gasteiger partial charge is 0.0492 e. The summed E-state index contributed by atoms with van der Waals surface area (Å²) in [5, 5.41) is 7.72. The van der Waals surface area contributed by atoms with Crippen LogP contribution in [0.1, 0.15) is 18.5 Å². The van der Waals surface area contributed by atoms with Crippen LogP contribution in [0.4, 0.5) is 0 Å². The van der Waals surface area contributed by atoms with E-state index in [9.17, 15) is 0 Å². The quantitative estimate of drug-likeness (QED) is 0.739. The Bertz CT molecular complexity index is 261. The van der Waals surface area contributed by atoms with Crippen LogP contribution in [-0.2, 0) is 6.54 Å². The van der Waals surface area contributed by atoms with Gasteiger partial charge in [0.2, 0.25) is 0 Å². The van der Waals surface area contributed by atoms with Gasteiger partial charge in [-0.3, -0.25) is 4.68 Å². The third-order valence-corrected chi connectivity index (χ3v) is 2.76. The van der Waals surface area contributed by atoms with Gasteiger partial charge in [-0.15, -0.1) is 0 Å². The molecular weight excluding hydrogens is 162 g/mol. The van der Waals surface area contributed by atoms with Crippen molar-refractivity contribution in [3.05, 3.63) is 18.0 Å². The first-order valence-corrected chi connectivity index (χ1v) is 5.05. The lowest BCUT2D eigenvalue weighted by Gasteiger charge is -2.22. The Balaban J connectivity index is 1.93. The van der Waals surface area contributed by atoms with E-state index in [1.165, 1.54) is 25.1 Å². The van der Waals surface area contributed by atoms with Gasteiger partial charge in [0.15, 0.2) is 0 Å². The van der Waals surface area contributed by atoms with E-state index in [2.05, 4.69) is 28.1 Å². The van der Waals surface area contributed by atoms with Crippen LogP contribution in [0, 0.1) is 12.8 Å². The summed E-state index contributed by atoms with van der Waals surface area (Å²) in [6.45, 7) is 5.53. The predicted octanol–water partition coefficient (Wildman–Crippen LogP) is 1.19. The minimum absolute atomic E-state index is 0.771. The van der Waals surface area contributed by atoms with Crippen molar-refractivity contribution in [2.24, 2.45) is 5.92 Å². The molecule has 0 bridgehead atoms. The Morgan fingerprint density at radius 1 is 1.69 bits per heavy atom. The number of aromatic nitrogens is 2. The van der Waals surface area contributed by atoms with Crippen molar-refractivity contribution in [2.75, 3.05) is 13.1 Å². The summed E-state index contributed by atoms with van der Waals surface area (Å²) in [7, 11) is 0. The molecule has 0 aliphatic carbocycles. The molecule has 1 aliphatic rings. The molecule has 1 aliphatic heterocycles. The van der Waals surface area contributed by atoms with Gasteiger partial charge >= 0.3 is 0 Å². The minimum atomic E-state index is 0.771. The molecule has 3 nitrogen and oxygen atoms in total. The summed E-state index contributed by atoms with van der Waals surface area (Å²) < 4.78 is 2.11. The molecule has 13 heavy (non-hydrogen) atoms. The highest BCUT2D eigenvalue weighted by molar-refractivity contribution is 4.96. The van der Waals surface area contributed by atoms with Gasteiger partial charge in [0.25, 0.3) is 0 Å². The molecule has 1 N–H and O–H groups in total. The van der Waals surface area contributed by atoms with Crippen LogP contribution < -0.4 is 5.32 Å². The summed E-state index contributed by atoms with van der Waals surface area (Å²) in [6, 6.07) is 2.07. The second-order valence-corrected chi connectivity index (χ2v) is 3.87. The fourth-order valence-electron chi connectivity index (χ4n) is 1.91. The van der Waals surface area contributed by atoms with E-state index in [4.69, 9.17) is 0 Å². The fourth-order valence-corrected chi connectivity index (χ4v) is 1.91. The Hall–Kier alpha value is -0.830. The third kappa shape index (κ3) is 2.10. The van der Waals surface area contributed by atoms with Crippen LogP contribution in [0.15, 0.2) is 12.3 Å². The monoisotopic (exact) mass is 179 g/mol. The van der Waals surface area contributed by atoms with Crippen LogP contribution in [0.3, 0.4) is 0 Å². The van der Waals surface area contributed by atoms with Crippen molar-refractivity contribution < 1.29 is 0 Å². The van der Waals surface area contributed by atoms with Gasteiger partial charge in [-0.25, -0.2) is 0 Å². The van der Waals surface area contributed by atoms with Crippen molar-refractivity contribution in [3.8, 4) is 0 Å². The topological polar surface area (TPSA) is 29.9 Å². The van der Waals surface area contributed by atoms with E-state index in [-0.39, 0.29) is 0 Å². The van der Waals surface area contributed by atoms with Gasteiger partial charge in [0.05, 0.1) is 0 Å². The summed E-state index contributed by atoms with van der Waals surface area (Å²) in [5.41, 5.74) is 1.27. The standard InChI is InChI=1S/C10H17N3/c1-9-4-6-12-13(9)8-10-3-2-5-11-7-10/h4,6,10-11H,2-3,5,7-8H2,1H3. The maximum absolute atomic E-state index is 4.30. The second-order valence-electron chi connectivity index (χ2n) is 3.87. The van der Waals surface area contributed by atoms with Crippen molar-refractivity contribution in [1.29, 1.82) is 0 Å². The van der Waals surface area contributed by atoms with Crippen molar-refractivity contribution >= 4 is 0 Å². The molecule has 1 saturated heterocycles. The van der Waals surface area contributed by atoms with Crippen LogP contribution in [-0.4, -0.2) is 22.9 Å². The Labute approximate surface area is 79.1 Å². The number of piperidine rings is 1. The predicted molar refractivity (Wildman–Crippen MR) is 52.6 cm³/mol. The molecule has 1 fully saturated rings. The summed E-state index contributed by atoms with van der Waals surface area (Å²) in [6.07, 6.45) is 4.53. The fraction of sp³-hybridized carbons (Fsp3) is 0.700. The zero-order valence-corrected chi connectivity index (χ0v) is 8.16. The molecule has 2 rings (SSSR count). The van der Waals surface area contributed by atoms with Gasteiger partial charge in [-0.2, -0.15) is 5.10 Å².